The molecule has 0 saturated carbocycles. The van der Waals surface area contributed by atoms with Gasteiger partial charge in [0.25, 0.3) is 5.91 Å². The number of benzene rings is 1. The molecular formula is C23H21N3O3S3. The smallest absolute Gasteiger partial charge is 0.266 e. The summed E-state index contributed by atoms with van der Waals surface area (Å²) in [4.78, 5) is 28.0. The fraction of sp³-hybridized carbons (Fsp3) is 0.217. The monoisotopic (exact) mass is 483 g/mol. The van der Waals surface area contributed by atoms with Crippen molar-refractivity contribution in [2.45, 2.75) is 26.3 Å². The van der Waals surface area contributed by atoms with Crippen LogP contribution in [0.25, 0.3) is 17.3 Å². The molecule has 0 atom stereocenters. The Morgan fingerprint density at radius 3 is 2.84 bits per heavy atom. The molecule has 1 aliphatic heterocycles. The van der Waals surface area contributed by atoms with E-state index >= 15 is 0 Å². The highest BCUT2D eigenvalue weighted by molar-refractivity contribution is 8.26. The van der Waals surface area contributed by atoms with Crippen LogP contribution in [0.1, 0.15) is 29.0 Å². The minimum Gasteiger partial charge on any atom is -0.359 e. The van der Waals surface area contributed by atoms with E-state index in [2.05, 4.69) is 10.5 Å². The molecule has 164 valence electrons. The van der Waals surface area contributed by atoms with E-state index in [1.807, 2.05) is 60.8 Å². The number of hydrogen-bond donors (Lipinski definition) is 1. The Hall–Kier alpha value is -2.75. The van der Waals surface area contributed by atoms with Crippen LogP contribution in [-0.2, 0) is 16.1 Å². The van der Waals surface area contributed by atoms with Gasteiger partial charge in [-0.15, -0.1) is 11.3 Å². The lowest BCUT2D eigenvalue weighted by molar-refractivity contribution is -0.124. The zero-order chi connectivity index (χ0) is 22.5. The van der Waals surface area contributed by atoms with E-state index in [1.54, 1.807) is 16.2 Å². The van der Waals surface area contributed by atoms with Gasteiger partial charge in [0.1, 0.15) is 10.0 Å². The van der Waals surface area contributed by atoms with Crippen LogP contribution in [-0.4, -0.2) is 32.7 Å². The third kappa shape index (κ3) is 5.53. The minimum atomic E-state index is -0.113. The number of aryl methyl sites for hydroxylation is 1. The van der Waals surface area contributed by atoms with Gasteiger partial charge in [0.2, 0.25) is 5.91 Å². The summed E-state index contributed by atoms with van der Waals surface area (Å²) in [5.41, 5.74) is 2.88. The van der Waals surface area contributed by atoms with Crippen molar-refractivity contribution in [3.05, 3.63) is 69.0 Å². The molecule has 1 fully saturated rings. The third-order valence-corrected chi connectivity index (χ3v) is 7.04. The van der Waals surface area contributed by atoms with Crippen molar-refractivity contribution >= 4 is 57.5 Å². The van der Waals surface area contributed by atoms with Gasteiger partial charge in [-0.25, -0.2) is 0 Å². The van der Waals surface area contributed by atoms with Crippen LogP contribution in [0, 0.1) is 6.92 Å². The fourth-order valence-corrected chi connectivity index (χ4v) is 5.16. The lowest BCUT2D eigenvalue weighted by Gasteiger charge is -2.13. The molecule has 4 rings (SSSR count). The molecule has 0 spiro atoms. The number of thiocarbonyl (C=S) groups is 1. The van der Waals surface area contributed by atoms with Gasteiger partial charge < -0.3 is 9.84 Å². The van der Waals surface area contributed by atoms with E-state index in [0.29, 0.717) is 34.4 Å². The molecule has 2 amide bonds. The molecule has 9 heteroatoms. The standard InChI is InChI=1S/C23H21N3O3S3/c1-15-6-8-16(9-7-15)19-12-17(29-25-19)14-24-21(27)5-2-10-26-22(28)20(32-23(26)30)13-18-4-3-11-31-18/h3-4,6-9,11-13H,2,5,10,14H2,1H3,(H,24,27)/b20-13-. The molecule has 0 unspecified atom stereocenters. The Morgan fingerprint density at radius 1 is 1.28 bits per heavy atom. The van der Waals surface area contributed by atoms with Crippen molar-refractivity contribution in [1.29, 1.82) is 0 Å². The molecule has 0 aliphatic carbocycles. The average molecular weight is 484 g/mol. The number of carbonyl (C=O) groups excluding carboxylic acids is 2. The summed E-state index contributed by atoms with van der Waals surface area (Å²) in [6.45, 7) is 2.71. The van der Waals surface area contributed by atoms with E-state index < -0.39 is 0 Å². The van der Waals surface area contributed by atoms with Crippen LogP contribution >= 0.6 is 35.3 Å². The molecular weight excluding hydrogens is 462 g/mol. The molecule has 32 heavy (non-hydrogen) atoms. The Balaban J connectivity index is 1.22. The second-order valence-corrected chi connectivity index (χ2v) is 9.93. The second-order valence-electron chi connectivity index (χ2n) is 7.27. The zero-order valence-electron chi connectivity index (χ0n) is 17.4. The summed E-state index contributed by atoms with van der Waals surface area (Å²) in [5, 5.41) is 8.87. The molecule has 1 saturated heterocycles. The lowest BCUT2D eigenvalue weighted by Crippen LogP contribution is -2.30. The van der Waals surface area contributed by atoms with Gasteiger partial charge >= 0.3 is 0 Å². The van der Waals surface area contributed by atoms with Gasteiger partial charge in [-0.2, -0.15) is 0 Å². The number of hydrogen-bond acceptors (Lipinski definition) is 7. The molecule has 1 aromatic carbocycles. The van der Waals surface area contributed by atoms with Crippen molar-refractivity contribution in [3.8, 4) is 11.3 Å². The summed E-state index contributed by atoms with van der Waals surface area (Å²) in [7, 11) is 0. The zero-order valence-corrected chi connectivity index (χ0v) is 19.8. The maximum Gasteiger partial charge on any atom is 0.266 e. The first kappa shape index (κ1) is 22.4. The first-order valence-electron chi connectivity index (χ1n) is 10.1. The Bertz CT molecular complexity index is 1150. The first-order chi connectivity index (χ1) is 15.5. The number of carbonyl (C=O) groups is 2. The van der Waals surface area contributed by atoms with E-state index in [1.165, 1.54) is 17.3 Å². The van der Waals surface area contributed by atoms with Crippen LogP contribution in [0.2, 0.25) is 0 Å². The highest BCUT2D eigenvalue weighted by atomic mass is 32.2. The summed E-state index contributed by atoms with van der Waals surface area (Å²) < 4.78 is 5.86. The maximum absolute atomic E-state index is 12.6. The van der Waals surface area contributed by atoms with Crippen LogP contribution in [0.3, 0.4) is 0 Å². The number of nitrogens with zero attached hydrogens (tertiary/aromatic N) is 2. The number of nitrogens with one attached hydrogen (secondary N) is 1. The largest absolute Gasteiger partial charge is 0.359 e. The van der Waals surface area contributed by atoms with Gasteiger partial charge in [-0.3, -0.25) is 14.5 Å². The number of aromatic nitrogens is 1. The van der Waals surface area contributed by atoms with Crippen LogP contribution in [0.15, 0.2) is 57.3 Å². The van der Waals surface area contributed by atoms with Crippen molar-refractivity contribution in [1.82, 2.24) is 15.4 Å². The molecule has 3 aromatic rings. The van der Waals surface area contributed by atoms with E-state index in [9.17, 15) is 9.59 Å². The number of rotatable bonds is 8. The predicted octanol–water partition coefficient (Wildman–Crippen LogP) is 5.01. The van der Waals surface area contributed by atoms with Gasteiger partial charge in [0, 0.05) is 29.5 Å². The van der Waals surface area contributed by atoms with Crippen molar-refractivity contribution in [2.75, 3.05) is 6.54 Å². The van der Waals surface area contributed by atoms with Crippen molar-refractivity contribution in [3.63, 3.8) is 0 Å². The molecule has 0 radical (unpaired) electrons. The Morgan fingerprint density at radius 2 is 2.09 bits per heavy atom. The molecule has 0 bridgehead atoms. The van der Waals surface area contributed by atoms with E-state index in [4.69, 9.17) is 16.7 Å². The van der Waals surface area contributed by atoms with Gasteiger partial charge in [-0.05, 0) is 30.9 Å². The molecule has 2 aromatic heterocycles. The van der Waals surface area contributed by atoms with Crippen LogP contribution < -0.4 is 5.32 Å². The number of amides is 2. The predicted molar refractivity (Wildman–Crippen MR) is 132 cm³/mol. The minimum absolute atomic E-state index is 0.0981. The highest BCUT2D eigenvalue weighted by Crippen LogP contribution is 2.33. The van der Waals surface area contributed by atoms with E-state index in [0.717, 1.165) is 16.1 Å². The maximum atomic E-state index is 12.6. The topological polar surface area (TPSA) is 75.4 Å². The van der Waals surface area contributed by atoms with Crippen LogP contribution in [0.4, 0.5) is 0 Å². The Labute approximate surface area is 199 Å². The summed E-state index contributed by atoms with van der Waals surface area (Å²) in [6, 6.07) is 13.7. The lowest BCUT2D eigenvalue weighted by atomic mass is 10.1. The molecule has 1 aliphatic rings. The highest BCUT2D eigenvalue weighted by Gasteiger charge is 2.31. The normalized spacial score (nSPS) is 15.0. The summed E-state index contributed by atoms with van der Waals surface area (Å²) in [5.74, 6) is 0.376. The first-order valence-corrected chi connectivity index (χ1v) is 12.2. The number of thiophene rings is 1. The van der Waals surface area contributed by atoms with Gasteiger partial charge in [0.05, 0.1) is 11.4 Å². The molecule has 1 N–H and O–H groups in total. The van der Waals surface area contributed by atoms with Crippen molar-refractivity contribution < 1.29 is 14.1 Å². The quantitative estimate of drug-likeness (QED) is 0.359. The van der Waals surface area contributed by atoms with Crippen LogP contribution in [0.5, 0.6) is 0 Å². The Kier molecular flexibility index (Phi) is 7.19. The van der Waals surface area contributed by atoms with E-state index in [-0.39, 0.29) is 18.4 Å². The van der Waals surface area contributed by atoms with Gasteiger partial charge in [-0.1, -0.05) is 65.0 Å². The van der Waals surface area contributed by atoms with Gasteiger partial charge in [0.15, 0.2) is 5.76 Å². The molecule has 3 heterocycles. The molecule has 6 nitrogen and oxygen atoms in total. The number of thioether (sulfide) groups is 1. The third-order valence-electron chi connectivity index (χ3n) is 4.84. The summed E-state index contributed by atoms with van der Waals surface area (Å²) in [6.07, 6.45) is 2.68. The summed E-state index contributed by atoms with van der Waals surface area (Å²) >= 11 is 8.22. The average Bonchev–Trinajstić information content (AvgIpc) is 3.51. The van der Waals surface area contributed by atoms with Crippen molar-refractivity contribution in [2.24, 2.45) is 0 Å². The second kappa shape index (κ2) is 10.2. The fourth-order valence-electron chi connectivity index (χ4n) is 3.12. The SMILES string of the molecule is Cc1ccc(-c2cc(CNC(=O)CCCN3C(=O)/C(=C/c4cccs4)SC3=S)on2)cc1.